The maximum Gasteiger partial charge on any atom is 0.338 e. The van der Waals surface area contributed by atoms with Crippen molar-refractivity contribution in [3.63, 3.8) is 0 Å². The van der Waals surface area contributed by atoms with Gasteiger partial charge in [-0.1, -0.05) is 24.8 Å². The molecule has 128 valence electrons. The van der Waals surface area contributed by atoms with Crippen LogP contribution in [0, 0.1) is 0 Å². The highest BCUT2D eigenvalue weighted by molar-refractivity contribution is 5.88. The van der Waals surface area contributed by atoms with Crippen molar-refractivity contribution in [2.75, 3.05) is 0 Å². The van der Waals surface area contributed by atoms with Gasteiger partial charge in [0.1, 0.15) is 16.8 Å². The zero-order valence-electron chi connectivity index (χ0n) is 14.1. The van der Waals surface area contributed by atoms with Crippen molar-refractivity contribution >= 4 is 17.0 Å². The Morgan fingerprint density at radius 3 is 2.44 bits per heavy atom. The SMILES string of the molecule is C=C(C)C(=O)Oc1ccc(CC(C)O)c(-n2nc3ccccc3n2)c1. The number of hydrogen-bond acceptors (Lipinski definition) is 5. The standard InChI is InChI=1S/C19H19N3O3/c1-12(2)19(24)25-15-9-8-14(10-13(3)23)18(11-15)22-20-16-6-4-5-7-17(16)21-22/h4-9,11,13,23H,1,10H2,2-3H3. The molecule has 0 spiro atoms. The van der Waals surface area contributed by atoms with Gasteiger partial charge < -0.3 is 9.84 Å². The molecule has 0 bridgehead atoms. The van der Waals surface area contributed by atoms with Crippen LogP contribution in [0.5, 0.6) is 5.75 Å². The van der Waals surface area contributed by atoms with Crippen LogP contribution >= 0.6 is 0 Å². The number of aromatic nitrogens is 3. The highest BCUT2D eigenvalue weighted by Crippen LogP contribution is 2.24. The Hall–Kier alpha value is -2.99. The second-order valence-corrected chi connectivity index (χ2v) is 5.99. The second-order valence-electron chi connectivity index (χ2n) is 5.99. The highest BCUT2D eigenvalue weighted by atomic mass is 16.5. The average Bonchev–Trinajstić information content (AvgIpc) is 2.99. The van der Waals surface area contributed by atoms with Crippen molar-refractivity contribution < 1.29 is 14.6 Å². The lowest BCUT2D eigenvalue weighted by atomic mass is 10.1. The highest BCUT2D eigenvalue weighted by Gasteiger charge is 2.14. The number of rotatable bonds is 5. The molecule has 0 saturated heterocycles. The van der Waals surface area contributed by atoms with Crippen molar-refractivity contribution in [1.29, 1.82) is 0 Å². The largest absolute Gasteiger partial charge is 0.423 e. The van der Waals surface area contributed by atoms with E-state index >= 15 is 0 Å². The third-order valence-corrected chi connectivity index (χ3v) is 3.63. The van der Waals surface area contributed by atoms with Crippen molar-refractivity contribution in [3.8, 4) is 11.4 Å². The normalized spacial score (nSPS) is 12.1. The summed E-state index contributed by atoms with van der Waals surface area (Å²) >= 11 is 0. The summed E-state index contributed by atoms with van der Waals surface area (Å²) in [6.45, 7) is 6.88. The molecule has 1 aromatic heterocycles. The molecular weight excluding hydrogens is 318 g/mol. The molecule has 3 aromatic rings. The molecule has 2 aromatic carbocycles. The van der Waals surface area contributed by atoms with E-state index in [1.165, 1.54) is 4.80 Å². The smallest absolute Gasteiger partial charge is 0.338 e. The van der Waals surface area contributed by atoms with Crippen LogP contribution in [0.2, 0.25) is 0 Å². The Morgan fingerprint density at radius 2 is 1.88 bits per heavy atom. The number of nitrogens with zero attached hydrogens (tertiary/aromatic N) is 3. The first kappa shape index (κ1) is 16.9. The van der Waals surface area contributed by atoms with Gasteiger partial charge in [0.2, 0.25) is 0 Å². The summed E-state index contributed by atoms with van der Waals surface area (Å²) in [5, 5.41) is 18.7. The van der Waals surface area contributed by atoms with Gasteiger partial charge in [-0.15, -0.1) is 15.0 Å². The first-order valence-corrected chi connectivity index (χ1v) is 7.95. The Labute approximate surface area is 145 Å². The van der Waals surface area contributed by atoms with Crippen LogP contribution in [0.3, 0.4) is 0 Å². The first-order valence-electron chi connectivity index (χ1n) is 7.95. The van der Waals surface area contributed by atoms with Crippen LogP contribution in [0.4, 0.5) is 0 Å². The van der Waals surface area contributed by atoms with Gasteiger partial charge in [0, 0.05) is 18.1 Å². The first-order chi connectivity index (χ1) is 11.9. The minimum absolute atomic E-state index is 0.317. The molecule has 0 aliphatic carbocycles. The van der Waals surface area contributed by atoms with Gasteiger partial charge >= 0.3 is 5.97 Å². The third kappa shape index (κ3) is 3.75. The lowest BCUT2D eigenvalue weighted by Crippen LogP contribution is -2.12. The topological polar surface area (TPSA) is 77.2 Å². The molecular formula is C19H19N3O3. The number of aliphatic hydroxyl groups excluding tert-OH is 1. The van der Waals surface area contributed by atoms with E-state index in [9.17, 15) is 9.90 Å². The summed E-state index contributed by atoms with van der Waals surface area (Å²) in [5.41, 5.74) is 3.34. The molecule has 0 radical (unpaired) electrons. The third-order valence-electron chi connectivity index (χ3n) is 3.63. The summed E-state index contributed by atoms with van der Waals surface area (Å²) in [6, 6.07) is 12.7. The summed E-state index contributed by atoms with van der Waals surface area (Å²) in [4.78, 5) is 13.3. The Bertz CT molecular complexity index is 911. The Balaban J connectivity index is 2.06. The summed E-state index contributed by atoms with van der Waals surface area (Å²) in [7, 11) is 0. The molecule has 1 heterocycles. The molecule has 1 N–H and O–H groups in total. The van der Waals surface area contributed by atoms with Crippen LogP contribution in [0.1, 0.15) is 19.4 Å². The average molecular weight is 337 g/mol. The van der Waals surface area contributed by atoms with Gasteiger partial charge in [-0.3, -0.25) is 0 Å². The molecule has 0 aliphatic rings. The van der Waals surface area contributed by atoms with Crippen molar-refractivity contribution in [3.05, 3.63) is 60.2 Å². The van der Waals surface area contributed by atoms with E-state index in [4.69, 9.17) is 4.74 Å². The summed E-state index contributed by atoms with van der Waals surface area (Å²) in [5.74, 6) is -0.119. The van der Waals surface area contributed by atoms with E-state index in [1.54, 1.807) is 32.0 Å². The zero-order valence-corrected chi connectivity index (χ0v) is 14.1. The molecule has 1 unspecified atom stereocenters. The van der Waals surface area contributed by atoms with Crippen LogP contribution in [0.15, 0.2) is 54.6 Å². The fraction of sp³-hybridized carbons (Fsp3) is 0.211. The van der Waals surface area contributed by atoms with Gasteiger partial charge in [-0.2, -0.15) is 0 Å². The van der Waals surface area contributed by atoms with Crippen molar-refractivity contribution in [2.24, 2.45) is 0 Å². The van der Waals surface area contributed by atoms with Gasteiger partial charge in [-0.25, -0.2) is 4.79 Å². The van der Waals surface area contributed by atoms with E-state index in [0.717, 1.165) is 16.6 Å². The quantitative estimate of drug-likeness (QED) is 0.440. The van der Waals surface area contributed by atoms with E-state index < -0.39 is 12.1 Å². The lowest BCUT2D eigenvalue weighted by Gasteiger charge is -2.12. The van der Waals surface area contributed by atoms with Crippen LogP contribution in [-0.4, -0.2) is 32.2 Å². The van der Waals surface area contributed by atoms with Crippen molar-refractivity contribution in [2.45, 2.75) is 26.4 Å². The predicted molar refractivity (Wildman–Crippen MR) is 94.7 cm³/mol. The van der Waals surface area contributed by atoms with Gasteiger partial charge in [-0.05, 0) is 37.6 Å². The van der Waals surface area contributed by atoms with Gasteiger partial charge in [0.05, 0.1) is 11.8 Å². The minimum Gasteiger partial charge on any atom is -0.423 e. The van der Waals surface area contributed by atoms with Crippen molar-refractivity contribution in [1.82, 2.24) is 15.0 Å². The fourth-order valence-corrected chi connectivity index (χ4v) is 2.45. The Morgan fingerprint density at radius 1 is 1.24 bits per heavy atom. The number of carbonyl (C=O) groups is 1. The number of benzene rings is 2. The van der Waals surface area contributed by atoms with Crippen LogP contribution < -0.4 is 4.74 Å². The Kier molecular flexibility index (Phi) is 4.63. The van der Waals surface area contributed by atoms with E-state index in [-0.39, 0.29) is 0 Å². The number of fused-ring (bicyclic) bond motifs is 1. The van der Waals surface area contributed by atoms with Crippen LogP contribution in [-0.2, 0) is 11.2 Å². The molecule has 6 heteroatoms. The molecule has 0 amide bonds. The van der Waals surface area contributed by atoms with E-state index in [1.807, 2.05) is 24.3 Å². The summed E-state index contributed by atoms with van der Waals surface area (Å²) < 4.78 is 5.30. The van der Waals surface area contributed by atoms with Gasteiger partial charge in [0.15, 0.2) is 0 Å². The number of ether oxygens (including phenoxy) is 1. The maximum atomic E-state index is 11.8. The molecule has 3 rings (SSSR count). The lowest BCUT2D eigenvalue weighted by molar-refractivity contribution is -0.130. The molecule has 25 heavy (non-hydrogen) atoms. The second kappa shape index (κ2) is 6.86. The number of carbonyl (C=O) groups excluding carboxylic acids is 1. The predicted octanol–water partition coefficient (Wildman–Crippen LogP) is 2.83. The molecule has 0 fully saturated rings. The maximum absolute atomic E-state index is 11.8. The zero-order chi connectivity index (χ0) is 18.0. The molecule has 6 nitrogen and oxygen atoms in total. The molecule has 0 saturated carbocycles. The van der Waals surface area contributed by atoms with Crippen LogP contribution in [0.25, 0.3) is 16.7 Å². The van der Waals surface area contributed by atoms with E-state index in [2.05, 4.69) is 16.8 Å². The fourth-order valence-electron chi connectivity index (χ4n) is 2.45. The molecule has 1 atom stereocenters. The monoisotopic (exact) mass is 337 g/mol. The molecule has 0 aliphatic heterocycles. The van der Waals surface area contributed by atoms with E-state index in [0.29, 0.717) is 23.4 Å². The summed E-state index contributed by atoms with van der Waals surface area (Å²) in [6.07, 6.45) is -0.0883. The number of aliphatic hydroxyl groups is 1. The minimum atomic E-state index is -0.521. The number of hydrogen-bond donors (Lipinski definition) is 1. The number of esters is 1. The van der Waals surface area contributed by atoms with Gasteiger partial charge in [0.25, 0.3) is 0 Å².